The number of aromatic nitrogens is 1. The molecule has 5 heteroatoms. The van der Waals surface area contributed by atoms with Crippen molar-refractivity contribution >= 4 is 22.6 Å². The summed E-state index contributed by atoms with van der Waals surface area (Å²) < 4.78 is 6.15. The van der Waals surface area contributed by atoms with Crippen LogP contribution >= 0.6 is 0 Å². The van der Waals surface area contributed by atoms with Gasteiger partial charge in [-0.15, -0.1) is 0 Å². The number of anilines is 1. The van der Waals surface area contributed by atoms with Gasteiger partial charge in [-0.3, -0.25) is 4.79 Å². The van der Waals surface area contributed by atoms with Crippen LogP contribution < -0.4 is 10.6 Å². The van der Waals surface area contributed by atoms with Gasteiger partial charge in [-0.25, -0.2) is 4.98 Å². The van der Waals surface area contributed by atoms with Gasteiger partial charge in [0.1, 0.15) is 5.82 Å². The average molecular weight is 365 g/mol. The molecule has 1 aromatic carbocycles. The van der Waals surface area contributed by atoms with E-state index in [-0.39, 0.29) is 11.5 Å². The topological polar surface area (TPSA) is 63.2 Å². The number of hydrogen-bond donors (Lipinski definition) is 2. The minimum Gasteiger partial charge on any atom is -0.375 e. The normalized spacial score (nSPS) is 24.2. The zero-order valence-corrected chi connectivity index (χ0v) is 15.7. The van der Waals surface area contributed by atoms with Gasteiger partial charge in [-0.2, -0.15) is 0 Å². The van der Waals surface area contributed by atoms with Crippen molar-refractivity contribution in [2.45, 2.75) is 69.1 Å². The molecule has 1 aliphatic heterocycles. The molecule has 27 heavy (non-hydrogen) atoms. The molecule has 1 atom stereocenters. The predicted molar refractivity (Wildman–Crippen MR) is 106 cm³/mol. The molecule has 0 radical (unpaired) electrons. The molecule has 0 bridgehead atoms. The Morgan fingerprint density at radius 3 is 2.74 bits per heavy atom. The van der Waals surface area contributed by atoms with Crippen molar-refractivity contribution in [3.63, 3.8) is 0 Å². The summed E-state index contributed by atoms with van der Waals surface area (Å²) in [6, 6.07) is 10.5. The summed E-state index contributed by atoms with van der Waals surface area (Å²) in [6.07, 6.45) is 9.08. The second-order valence-electron chi connectivity index (χ2n) is 8.39. The van der Waals surface area contributed by atoms with E-state index in [1.807, 2.05) is 30.3 Å². The van der Waals surface area contributed by atoms with Crippen LogP contribution in [0.25, 0.3) is 10.9 Å². The van der Waals surface area contributed by atoms with Gasteiger partial charge in [0.2, 0.25) is 0 Å². The van der Waals surface area contributed by atoms with E-state index < -0.39 is 0 Å². The summed E-state index contributed by atoms with van der Waals surface area (Å²) in [7, 11) is 0. The van der Waals surface area contributed by atoms with E-state index in [2.05, 4.69) is 10.6 Å². The standard InChI is InChI=1S/C22H27N3O2/c26-21(24-15-7-8-15)18-13-20(25-19-6-2-1-5-17(18)19)23-16-9-12-27-22(14-16)10-3-4-11-22/h1-2,5-6,13,15-16H,3-4,7-12,14H2,(H,23,25)(H,24,26). The van der Waals surface area contributed by atoms with E-state index in [1.54, 1.807) is 0 Å². The van der Waals surface area contributed by atoms with Gasteiger partial charge < -0.3 is 15.4 Å². The second kappa shape index (κ2) is 6.79. The van der Waals surface area contributed by atoms with Crippen LogP contribution in [0.2, 0.25) is 0 Å². The van der Waals surface area contributed by atoms with Crippen molar-refractivity contribution < 1.29 is 9.53 Å². The molecule has 2 saturated carbocycles. The number of para-hydroxylation sites is 1. The lowest BCUT2D eigenvalue weighted by Gasteiger charge is -2.38. The molecule has 1 aromatic heterocycles. The lowest BCUT2D eigenvalue weighted by atomic mass is 9.89. The summed E-state index contributed by atoms with van der Waals surface area (Å²) >= 11 is 0. The Bertz CT molecular complexity index is 856. The first-order valence-electron chi connectivity index (χ1n) is 10.3. The first-order valence-corrected chi connectivity index (χ1v) is 10.3. The molecule has 1 spiro atoms. The van der Waals surface area contributed by atoms with Gasteiger partial charge >= 0.3 is 0 Å². The van der Waals surface area contributed by atoms with Gasteiger partial charge in [0.15, 0.2) is 0 Å². The van der Waals surface area contributed by atoms with Gasteiger partial charge in [0.05, 0.1) is 16.7 Å². The molecule has 1 saturated heterocycles. The third-order valence-electron chi connectivity index (χ3n) is 6.23. The molecular formula is C22H27N3O2. The minimum atomic E-state index is 0.0124. The van der Waals surface area contributed by atoms with Gasteiger partial charge in [-0.1, -0.05) is 31.0 Å². The summed E-state index contributed by atoms with van der Waals surface area (Å²) in [4.78, 5) is 17.6. The monoisotopic (exact) mass is 365 g/mol. The summed E-state index contributed by atoms with van der Waals surface area (Å²) in [6.45, 7) is 0.806. The van der Waals surface area contributed by atoms with Crippen LogP contribution in [0.1, 0.15) is 61.7 Å². The maximum atomic E-state index is 12.8. The SMILES string of the molecule is O=C(NC1CC1)c1cc(NC2CCOC3(CCCC3)C2)nc2ccccc12. The Balaban J connectivity index is 1.41. The van der Waals surface area contributed by atoms with E-state index >= 15 is 0 Å². The molecule has 5 rings (SSSR count). The van der Waals surface area contributed by atoms with Crippen molar-refractivity contribution in [2.75, 3.05) is 11.9 Å². The fraction of sp³-hybridized carbons (Fsp3) is 0.545. The molecular weight excluding hydrogens is 338 g/mol. The van der Waals surface area contributed by atoms with Gasteiger partial charge in [0, 0.05) is 24.1 Å². The lowest BCUT2D eigenvalue weighted by Crippen LogP contribution is -2.42. The fourth-order valence-corrected chi connectivity index (χ4v) is 4.66. The zero-order chi connectivity index (χ0) is 18.3. The largest absolute Gasteiger partial charge is 0.375 e. The average Bonchev–Trinajstić information content (AvgIpc) is 3.39. The number of fused-ring (bicyclic) bond motifs is 1. The van der Waals surface area contributed by atoms with Crippen molar-refractivity contribution in [3.05, 3.63) is 35.9 Å². The summed E-state index contributed by atoms with van der Waals surface area (Å²) in [5, 5.41) is 7.65. The highest BCUT2D eigenvalue weighted by Gasteiger charge is 2.40. The Labute approximate surface area is 159 Å². The van der Waals surface area contributed by atoms with E-state index in [4.69, 9.17) is 9.72 Å². The molecule has 142 valence electrons. The van der Waals surface area contributed by atoms with Crippen molar-refractivity contribution in [1.82, 2.24) is 10.3 Å². The summed E-state index contributed by atoms with van der Waals surface area (Å²) in [5.74, 6) is 0.813. The summed E-state index contributed by atoms with van der Waals surface area (Å²) in [5.41, 5.74) is 1.66. The number of pyridine rings is 1. The van der Waals surface area contributed by atoms with Crippen LogP contribution in [0.3, 0.4) is 0 Å². The molecule has 5 nitrogen and oxygen atoms in total. The van der Waals surface area contributed by atoms with Gasteiger partial charge in [-0.05, 0) is 50.7 Å². The number of carbonyl (C=O) groups is 1. The first kappa shape index (κ1) is 17.0. The maximum Gasteiger partial charge on any atom is 0.252 e. The van der Waals surface area contributed by atoms with E-state index in [0.29, 0.717) is 12.1 Å². The predicted octanol–water partition coefficient (Wildman–Crippen LogP) is 4.03. The van der Waals surface area contributed by atoms with Crippen LogP contribution in [-0.4, -0.2) is 35.2 Å². The van der Waals surface area contributed by atoms with Crippen molar-refractivity contribution in [2.24, 2.45) is 0 Å². The van der Waals surface area contributed by atoms with E-state index in [0.717, 1.165) is 54.6 Å². The Morgan fingerprint density at radius 1 is 1.11 bits per heavy atom. The third-order valence-corrected chi connectivity index (χ3v) is 6.23. The van der Waals surface area contributed by atoms with E-state index in [1.165, 1.54) is 25.7 Å². The number of benzene rings is 1. The Morgan fingerprint density at radius 2 is 1.93 bits per heavy atom. The fourth-order valence-electron chi connectivity index (χ4n) is 4.66. The molecule has 1 amide bonds. The number of hydrogen-bond acceptors (Lipinski definition) is 4. The first-order chi connectivity index (χ1) is 13.2. The maximum absolute atomic E-state index is 12.8. The number of ether oxygens (including phenoxy) is 1. The number of carbonyl (C=O) groups excluding carboxylic acids is 1. The quantitative estimate of drug-likeness (QED) is 0.859. The number of nitrogens with zero attached hydrogens (tertiary/aromatic N) is 1. The van der Waals surface area contributed by atoms with Crippen LogP contribution in [0.15, 0.2) is 30.3 Å². The Hall–Kier alpha value is -2.14. The highest BCUT2D eigenvalue weighted by atomic mass is 16.5. The Kier molecular flexibility index (Phi) is 4.27. The number of amides is 1. The van der Waals surface area contributed by atoms with Crippen LogP contribution in [-0.2, 0) is 4.74 Å². The van der Waals surface area contributed by atoms with Crippen molar-refractivity contribution in [3.8, 4) is 0 Å². The number of rotatable bonds is 4. The smallest absolute Gasteiger partial charge is 0.252 e. The molecule has 3 fully saturated rings. The lowest BCUT2D eigenvalue weighted by molar-refractivity contribution is -0.0767. The molecule has 2 aromatic rings. The van der Waals surface area contributed by atoms with Crippen LogP contribution in [0, 0.1) is 0 Å². The zero-order valence-electron chi connectivity index (χ0n) is 15.7. The van der Waals surface area contributed by atoms with Gasteiger partial charge in [0.25, 0.3) is 5.91 Å². The minimum absolute atomic E-state index is 0.0124. The van der Waals surface area contributed by atoms with Crippen molar-refractivity contribution in [1.29, 1.82) is 0 Å². The second-order valence-corrected chi connectivity index (χ2v) is 8.39. The molecule has 2 heterocycles. The number of nitrogens with one attached hydrogen (secondary N) is 2. The highest BCUT2D eigenvalue weighted by molar-refractivity contribution is 6.07. The molecule has 2 N–H and O–H groups in total. The van der Waals surface area contributed by atoms with Crippen LogP contribution in [0.5, 0.6) is 0 Å². The highest BCUT2D eigenvalue weighted by Crippen LogP contribution is 2.40. The molecule has 3 aliphatic rings. The van der Waals surface area contributed by atoms with E-state index in [9.17, 15) is 4.79 Å². The molecule has 2 aliphatic carbocycles. The van der Waals surface area contributed by atoms with Crippen LogP contribution in [0.4, 0.5) is 5.82 Å². The molecule has 1 unspecified atom stereocenters. The third kappa shape index (κ3) is 3.53.